The number of ether oxygens (including phenoxy) is 1. The van der Waals surface area contributed by atoms with Crippen LogP contribution < -0.4 is 4.90 Å². The van der Waals surface area contributed by atoms with Crippen molar-refractivity contribution in [3.05, 3.63) is 41.4 Å². The fourth-order valence-electron chi connectivity index (χ4n) is 6.58. The number of hydrogen-bond donors (Lipinski definition) is 0. The highest BCUT2D eigenvalue weighted by molar-refractivity contribution is 6.30. The average molecular weight is 429 g/mol. The van der Waals surface area contributed by atoms with E-state index in [2.05, 4.69) is 35.4 Å². The molecule has 5 rings (SSSR count). The number of carbonyl (C=O) groups excluding carboxylic acids is 1. The van der Waals surface area contributed by atoms with Gasteiger partial charge in [-0.25, -0.2) is 0 Å². The second kappa shape index (κ2) is 7.87. The maximum Gasteiger partial charge on any atom is 0.310 e. The van der Waals surface area contributed by atoms with Crippen molar-refractivity contribution in [2.75, 3.05) is 37.6 Å². The van der Waals surface area contributed by atoms with Crippen molar-refractivity contribution >= 4 is 23.3 Å². The lowest BCUT2D eigenvalue weighted by Gasteiger charge is -2.50. The van der Waals surface area contributed by atoms with Crippen molar-refractivity contribution in [1.82, 2.24) is 4.90 Å². The fourth-order valence-corrected chi connectivity index (χ4v) is 6.71. The Kier molecular flexibility index (Phi) is 5.35. The summed E-state index contributed by atoms with van der Waals surface area (Å²) in [5.74, 6) is 0.986. The first kappa shape index (κ1) is 20.4. The first-order valence-corrected chi connectivity index (χ1v) is 11.9. The van der Waals surface area contributed by atoms with Gasteiger partial charge in [0.25, 0.3) is 0 Å². The molecule has 0 aromatic heterocycles. The van der Waals surface area contributed by atoms with Gasteiger partial charge < -0.3 is 9.64 Å². The monoisotopic (exact) mass is 428 g/mol. The lowest BCUT2D eigenvalue weighted by atomic mass is 9.55. The largest absolute Gasteiger partial charge is 0.462 e. The van der Waals surface area contributed by atoms with Crippen LogP contribution in [-0.4, -0.2) is 49.7 Å². The van der Waals surface area contributed by atoms with E-state index < -0.39 is 0 Å². The number of nitrogens with zero attached hydrogens (tertiary/aromatic N) is 2. The number of halogens is 1. The van der Waals surface area contributed by atoms with Crippen LogP contribution in [0.2, 0.25) is 5.02 Å². The summed E-state index contributed by atoms with van der Waals surface area (Å²) < 4.78 is 5.95. The highest BCUT2D eigenvalue weighted by Crippen LogP contribution is 2.56. The Hall–Kier alpha value is -1.52. The zero-order valence-corrected chi connectivity index (χ0v) is 18.7. The molecule has 2 saturated carbocycles. The summed E-state index contributed by atoms with van der Waals surface area (Å²) >= 11 is 6.02. The Morgan fingerprint density at radius 1 is 1.20 bits per heavy atom. The maximum absolute atomic E-state index is 12.8. The van der Waals surface area contributed by atoms with Gasteiger partial charge in [-0.15, -0.1) is 0 Å². The number of anilines is 1. The molecule has 0 unspecified atom stereocenters. The Morgan fingerprint density at radius 2 is 1.93 bits per heavy atom. The lowest BCUT2D eigenvalue weighted by molar-refractivity contribution is -0.146. The van der Waals surface area contributed by atoms with Gasteiger partial charge in [0.2, 0.25) is 0 Å². The average Bonchev–Trinajstić information content (AvgIpc) is 3.01. The van der Waals surface area contributed by atoms with Gasteiger partial charge in [-0.1, -0.05) is 30.7 Å². The summed E-state index contributed by atoms with van der Waals surface area (Å²) in [5.41, 5.74) is 2.91. The molecule has 1 aromatic carbocycles. The molecule has 2 aliphatic heterocycles. The molecule has 0 radical (unpaired) electrons. The Labute approximate surface area is 185 Å². The Bertz CT molecular complexity index is 817. The van der Waals surface area contributed by atoms with Crippen molar-refractivity contribution in [2.24, 2.45) is 23.2 Å². The minimum atomic E-state index is 0.0244. The van der Waals surface area contributed by atoms with Crippen LogP contribution in [0.25, 0.3) is 0 Å². The number of carbonyl (C=O) groups is 1. The first-order valence-electron chi connectivity index (χ1n) is 11.5. The van der Waals surface area contributed by atoms with Crippen LogP contribution in [0, 0.1) is 23.2 Å². The number of rotatable bonds is 3. The van der Waals surface area contributed by atoms with E-state index in [0.717, 1.165) is 57.0 Å². The quantitative estimate of drug-likeness (QED) is 0.512. The summed E-state index contributed by atoms with van der Waals surface area (Å²) in [6.45, 7) is 11.6. The molecular weight excluding hydrogens is 396 g/mol. The predicted molar refractivity (Wildman–Crippen MR) is 121 cm³/mol. The minimum Gasteiger partial charge on any atom is -0.462 e. The van der Waals surface area contributed by atoms with Crippen molar-refractivity contribution in [2.45, 2.75) is 45.1 Å². The van der Waals surface area contributed by atoms with Gasteiger partial charge in [-0.3, -0.25) is 9.69 Å². The lowest BCUT2D eigenvalue weighted by Crippen LogP contribution is -2.50. The Morgan fingerprint density at radius 3 is 2.67 bits per heavy atom. The van der Waals surface area contributed by atoms with Gasteiger partial charge in [0.15, 0.2) is 0 Å². The molecule has 2 saturated heterocycles. The van der Waals surface area contributed by atoms with Crippen LogP contribution in [0.4, 0.5) is 5.69 Å². The van der Waals surface area contributed by atoms with E-state index in [-0.39, 0.29) is 23.4 Å². The molecule has 0 bridgehead atoms. The smallest absolute Gasteiger partial charge is 0.310 e. The number of benzene rings is 1. The molecule has 4 fully saturated rings. The van der Waals surface area contributed by atoms with Crippen LogP contribution in [0.3, 0.4) is 0 Å². The third-order valence-electron chi connectivity index (χ3n) is 8.34. The van der Waals surface area contributed by atoms with Gasteiger partial charge in [-0.05, 0) is 67.7 Å². The van der Waals surface area contributed by atoms with Crippen LogP contribution in [0.1, 0.15) is 39.0 Å². The minimum absolute atomic E-state index is 0.0244. The number of hydrogen-bond acceptors (Lipinski definition) is 4. The van der Waals surface area contributed by atoms with Crippen molar-refractivity contribution < 1.29 is 9.53 Å². The molecule has 30 heavy (non-hydrogen) atoms. The van der Waals surface area contributed by atoms with Crippen molar-refractivity contribution in [1.29, 1.82) is 0 Å². The van der Waals surface area contributed by atoms with E-state index in [0.29, 0.717) is 11.8 Å². The molecule has 0 amide bonds. The summed E-state index contributed by atoms with van der Waals surface area (Å²) in [6, 6.07) is 8.09. The molecule has 1 aromatic rings. The zero-order valence-electron chi connectivity index (χ0n) is 18.0. The molecule has 5 heteroatoms. The first-order chi connectivity index (χ1) is 14.4. The summed E-state index contributed by atoms with van der Waals surface area (Å²) in [4.78, 5) is 17.7. The number of piperazine rings is 1. The molecule has 4 aliphatic rings. The van der Waals surface area contributed by atoms with E-state index in [9.17, 15) is 4.79 Å². The molecule has 5 atom stereocenters. The fraction of sp³-hybridized carbons (Fsp3) is 0.640. The van der Waals surface area contributed by atoms with Gasteiger partial charge in [0, 0.05) is 49.4 Å². The Balaban J connectivity index is 1.22. The second-order valence-electron chi connectivity index (χ2n) is 10.2. The third kappa shape index (κ3) is 3.67. The van der Waals surface area contributed by atoms with E-state index >= 15 is 0 Å². The van der Waals surface area contributed by atoms with Crippen LogP contribution >= 0.6 is 11.6 Å². The summed E-state index contributed by atoms with van der Waals surface area (Å²) in [7, 11) is 0. The van der Waals surface area contributed by atoms with Crippen LogP contribution in [0.5, 0.6) is 0 Å². The molecule has 2 aliphatic carbocycles. The van der Waals surface area contributed by atoms with Gasteiger partial charge in [0.05, 0.1) is 5.92 Å². The predicted octanol–water partition coefficient (Wildman–Crippen LogP) is 4.78. The SMILES string of the molecule is C=C1CCC[C@]2(C)C[C@H]3OC(=O)[C@@H](CN4CCN(c5ccc(Cl)cc5)CC4)[C@@H]3C[C@H]12. The summed E-state index contributed by atoms with van der Waals surface area (Å²) in [5, 5.41) is 0.774. The van der Waals surface area contributed by atoms with Gasteiger partial charge in [0.1, 0.15) is 6.10 Å². The summed E-state index contributed by atoms with van der Waals surface area (Å²) in [6.07, 6.45) is 5.86. The molecule has 162 valence electrons. The molecule has 4 nitrogen and oxygen atoms in total. The molecule has 2 heterocycles. The maximum atomic E-state index is 12.8. The zero-order chi connectivity index (χ0) is 20.9. The highest BCUT2D eigenvalue weighted by atomic mass is 35.5. The second-order valence-corrected chi connectivity index (χ2v) is 10.6. The van der Waals surface area contributed by atoms with E-state index in [1.165, 1.54) is 24.1 Å². The molecular formula is C25H33ClN2O2. The van der Waals surface area contributed by atoms with Crippen LogP contribution in [-0.2, 0) is 9.53 Å². The highest BCUT2D eigenvalue weighted by Gasteiger charge is 2.55. The number of allylic oxidation sites excluding steroid dienone is 1. The van der Waals surface area contributed by atoms with Gasteiger partial charge in [-0.2, -0.15) is 0 Å². The topological polar surface area (TPSA) is 32.8 Å². The normalized spacial score (nSPS) is 36.9. The molecule has 0 N–H and O–H groups in total. The van der Waals surface area contributed by atoms with E-state index in [1.807, 2.05) is 12.1 Å². The number of esters is 1. The van der Waals surface area contributed by atoms with Crippen molar-refractivity contribution in [3.63, 3.8) is 0 Å². The van der Waals surface area contributed by atoms with E-state index in [1.54, 1.807) is 0 Å². The molecule has 0 spiro atoms. The standard InChI is InChI=1S/C25H33ClN2O2/c1-17-4-3-9-25(2)15-23-20(14-22(17)25)21(24(29)30-23)16-27-10-12-28(13-11-27)19-7-5-18(26)6-8-19/h5-8,20-23H,1,3-4,9-16H2,2H3/t20-,21-,22+,23+,25+/m0/s1. The number of fused-ring (bicyclic) bond motifs is 2. The van der Waals surface area contributed by atoms with Crippen LogP contribution in [0.15, 0.2) is 36.4 Å². The van der Waals surface area contributed by atoms with Gasteiger partial charge >= 0.3 is 5.97 Å². The van der Waals surface area contributed by atoms with E-state index in [4.69, 9.17) is 16.3 Å². The van der Waals surface area contributed by atoms with Crippen molar-refractivity contribution in [3.8, 4) is 0 Å². The third-order valence-corrected chi connectivity index (χ3v) is 8.59.